The minimum atomic E-state index is -0.689. The van der Waals surface area contributed by atoms with Crippen LogP contribution in [0.3, 0.4) is 0 Å². The lowest BCUT2D eigenvalue weighted by Crippen LogP contribution is -2.43. The number of rotatable bonds is 3. The molecule has 18 heavy (non-hydrogen) atoms. The van der Waals surface area contributed by atoms with Gasteiger partial charge in [0.1, 0.15) is 0 Å². The second kappa shape index (κ2) is 4.82. The Morgan fingerprint density at radius 1 is 1.28 bits per heavy atom. The molecule has 0 amide bonds. The second-order valence-corrected chi connectivity index (χ2v) is 5.73. The Morgan fingerprint density at radius 2 is 1.89 bits per heavy atom. The molecule has 0 aliphatic carbocycles. The van der Waals surface area contributed by atoms with Crippen LogP contribution in [-0.4, -0.2) is 42.4 Å². The molecule has 2 saturated heterocycles. The van der Waals surface area contributed by atoms with E-state index in [0.29, 0.717) is 11.1 Å². The molecule has 98 valence electrons. The molecule has 1 aromatic carbocycles. The number of piperidine rings is 1. The largest absolute Gasteiger partial charge is 0.385 e. The summed E-state index contributed by atoms with van der Waals surface area (Å²) in [5.41, 5.74) is 0.292. The lowest BCUT2D eigenvalue weighted by Gasteiger charge is -2.38. The maximum Gasteiger partial charge on any atom is 0.0936 e. The molecule has 2 fully saturated rings. The smallest absolute Gasteiger partial charge is 0.0936 e. The van der Waals surface area contributed by atoms with E-state index in [2.05, 4.69) is 4.90 Å². The number of halogens is 1. The van der Waals surface area contributed by atoms with Gasteiger partial charge in [-0.25, -0.2) is 0 Å². The summed E-state index contributed by atoms with van der Waals surface area (Å²) in [6, 6.07) is 7.56. The van der Waals surface area contributed by atoms with E-state index < -0.39 is 5.60 Å². The Hall–Kier alpha value is -0.610. The van der Waals surface area contributed by atoms with Crippen molar-refractivity contribution in [1.29, 1.82) is 0 Å². The van der Waals surface area contributed by atoms with Crippen molar-refractivity contribution < 1.29 is 9.84 Å². The van der Waals surface area contributed by atoms with Gasteiger partial charge in [0.25, 0.3) is 0 Å². The molecule has 0 saturated carbocycles. The minimum Gasteiger partial charge on any atom is -0.385 e. The average Bonchev–Trinajstić information content (AvgIpc) is 3.17. The minimum absolute atomic E-state index is 0.437. The summed E-state index contributed by atoms with van der Waals surface area (Å²) in [5, 5.41) is 11.4. The Labute approximate surface area is 112 Å². The first-order valence-corrected chi connectivity index (χ1v) is 6.86. The summed E-state index contributed by atoms with van der Waals surface area (Å²) in [5.74, 6) is 0. The molecule has 0 spiro atoms. The zero-order chi connectivity index (χ0) is 12.6. The van der Waals surface area contributed by atoms with Crippen molar-refractivity contribution in [2.45, 2.75) is 24.5 Å². The number of hydrogen-bond donors (Lipinski definition) is 1. The summed E-state index contributed by atoms with van der Waals surface area (Å²) in [6.07, 6.45) is 2.00. The average molecular weight is 268 g/mol. The highest BCUT2D eigenvalue weighted by molar-refractivity contribution is 6.30. The topological polar surface area (TPSA) is 36.0 Å². The maximum absolute atomic E-state index is 10.7. The molecule has 3 nitrogen and oxygen atoms in total. The molecule has 2 aliphatic rings. The fourth-order valence-electron chi connectivity index (χ4n) is 2.62. The molecule has 0 bridgehead atoms. The highest BCUT2D eigenvalue weighted by atomic mass is 35.5. The first-order valence-electron chi connectivity index (χ1n) is 6.48. The zero-order valence-corrected chi connectivity index (χ0v) is 11.1. The second-order valence-electron chi connectivity index (χ2n) is 5.29. The van der Waals surface area contributed by atoms with Crippen LogP contribution in [0, 0.1) is 0 Å². The molecule has 0 aromatic heterocycles. The molecule has 2 aliphatic heterocycles. The SMILES string of the molecule is OC1(c2ccc(Cl)cc2)CCN(CC2CO2)CC1. The van der Waals surface area contributed by atoms with Gasteiger partial charge in [0.2, 0.25) is 0 Å². The van der Waals surface area contributed by atoms with Crippen LogP contribution < -0.4 is 0 Å². The van der Waals surface area contributed by atoms with Gasteiger partial charge in [0, 0.05) is 24.7 Å². The molecular formula is C14H18ClNO2. The van der Waals surface area contributed by atoms with Crippen molar-refractivity contribution in [3.8, 4) is 0 Å². The van der Waals surface area contributed by atoms with Crippen molar-refractivity contribution in [2.75, 3.05) is 26.2 Å². The predicted molar refractivity (Wildman–Crippen MR) is 70.8 cm³/mol. The van der Waals surface area contributed by atoms with Crippen LogP contribution in [0.25, 0.3) is 0 Å². The van der Waals surface area contributed by atoms with Crippen molar-refractivity contribution in [2.24, 2.45) is 0 Å². The molecule has 3 rings (SSSR count). The number of epoxide rings is 1. The molecule has 1 N–H and O–H groups in total. The summed E-state index contributed by atoms with van der Waals surface area (Å²) in [6.45, 7) is 3.77. The van der Waals surface area contributed by atoms with Gasteiger partial charge in [0.15, 0.2) is 0 Å². The first-order chi connectivity index (χ1) is 8.66. The number of benzene rings is 1. The van der Waals surface area contributed by atoms with Crippen molar-refractivity contribution in [3.63, 3.8) is 0 Å². The van der Waals surface area contributed by atoms with Gasteiger partial charge < -0.3 is 14.7 Å². The van der Waals surface area contributed by atoms with Gasteiger partial charge in [-0.1, -0.05) is 23.7 Å². The van der Waals surface area contributed by atoms with Crippen LogP contribution in [0.15, 0.2) is 24.3 Å². The van der Waals surface area contributed by atoms with Gasteiger partial charge in [-0.15, -0.1) is 0 Å². The normalized spacial score (nSPS) is 27.1. The van der Waals surface area contributed by atoms with E-state index in [9.17, 15) is 5.11 Å². The highest BCUT2D eigenvalue weighted by Crippen LogP contribution is 2.33. The fraction of sp³-hybridized carbons (Fsp3) is 0.571. The third kappa shape index (κ3) is 2.69. The zero-order valence-electron chi connectivity index (χ0n) is 10.3. The molecule has 1 unspecified atom stereocenters. The Kier molecular flexibility index (Phi) is 3.32. The van der Waals surface area contributed by atoms with Gasteiger partial charge in [-0.3, -0.25) is 0 Å². The van der Waals surface area contributed by atoms with Crippen LogP contribution in [0.2, 0.25) is 5.02 Å². The van der Waals surface area contributed by atoms with Crippen LogP contribution in [0.1, 0.15) is 18.4 Å². The van der Waals surface area contributed by atoms with Gasteiger partial charge >= 0.3 is 0 Å². The number of aliphatic hydroxyl groups is 1. The van der Waals surface area contributed by atoms with E-state index in [-0.39, 0.29) is 0 Å². The molecule has 1 atom stereocenters. The molecular weight excluding hydrogens is 250 g/mol. The van der Waals surface area contributed by atoms with E-state index in [4.69, 9.17) is 16.3 Å². The fourth-order valence-corrected chi connectivity index (χ4v) is 2.74. The first kappa shape index (κ1) is 12.4. The van der Waals surface area contributed by atoms with Gasteiger partial charge in [-0.2, -0.15) is 0 Å². The van der Waals surface area contributed by atoms with Crippen molar-refractivity contribution >= 4 is 11.6 Å². The summed E-state index contributed by atoms with van der Waals surface area (Å²) < 4.78 is 5.24. The third-order valence-electron chi connectivity index (χ3n) is 3.93. The van der Waals surface area contributed by atoms with Crippen LogP contribution in [0.4, 0.5) is 0 Å². The van der Waals surface area contributed by atoms with E-state index in [1.807, 2.05) is 24.3 Å². The monoisotopic (exact) mass is 267 g/mol. The summed E-state index contributed by atoms with van der Waals surface area (Å²) in [4.78, 5) is 2.38. The van der Waals surface area contributed by atoms with E-state index in [1.54, 1.807) is 0 Å². The van der Waals surface area contributed by atoms with E-state index in [1.165, 1.54) is 0 Å². The van der Waals surface area contributed by atoms with E-state index in [0.717, 1.165) is 44.6 Å². The third-order valence-corrected chi connectivity index (χ3v) is 4.18. The molecule has 4 heteroatoms. The Balaban J connectivity index is 1.63. The number of nitrogens with zero attached hydrogens (tertiary/aromatic N) is 1. The maximum atomic E-state index is 10.7. The molecule has 1 aromatic rings. The lowest BCUT2D eigenvalue weighted by atomic mass is 9.84. The van der Waals surface area contributed by atoms with Crippen LogP contribution in [0.5, 0.6) is 0 Å². The van der Waals surface area contributed by atoms with Gasteiger partial charge in [-0.05, 0) is 30.5 Å². The number of likely N-dealkylation sites (tertiary alicyclic amines) is 1. The standard InChI is InChI=1S/C14H18ClNO2/c15-12-3-1-11(2-4-12)14(17)5-7-16(8-6-14)9-13-10-18-13/h1-4,13,17H,5-10H2. The predicted octanol–water partition coefficient (Wildman–Crippen LogP) is 2.02. The lowest BCUT2D eigenvalue weighted by molar-refractivity contribution is -0.0269. The molecule has 0 radical (unpaired) electrons. The van der Waals surface area contributed by atoms with Gasteiger partial charge in [0.05, 0.1) is 18.3 Å². The summed E-state index contributed by atoms with van der Waals surface area (Å²) in [7, 11) is 0. The van der Waals surface area contributed by atoms with Crippen molar-refractivity contribution in [1.82, 2.24) is 4.90 Å². The van der Waals surface area contributed by atoms with Crippen molar-refractivity contribution in [3.05, 3.63) is 34.9 Å². The summed E-state index contributed by atoms with van der Waals surface area (Å²) >= 11 is 5.88. The number of hydrogen-bond acceptors (Lipinski definition) is 3. The number of ether oxygens (including phenoxy) is 1. The quantitative estimate of drug-likeness (QED) is 0.852. The highest BCUT2D eigenvalue weighted by Gasteiger charge is 2.35. The Bertz CT molecular complexity index is 408. The van der Waals surface area contributed by atoms with Crippen LogP contribution in [-0.2, 0) is 10.3 Å². The van der Waals surface area contributed by atoms with Crippen LogP contribution >= 0.6 is 11.6 Å². The molecule has 2 heterocycles. The Morgan fingerprint density at radius 3 is 2.44 bits per heavy atom. The van der Waals surface area contributed by atoms with E-state index >= 15 is 0 Å².